The van der Waals surface area contributed by atoms with Crippen LogP contribution in [-0.2, 0) is 4.79 Å². The highest BCUT2D eigenvalue weighted by Gasteiger charge is 2.63. The Morgan fingerprint density at radius 3 is 2.75 bits per heavy atom. The minimum Gasteiger partial charge on any atom is -0.481 e. The molecule has 1 aromatic rings. The van der Waals surface area contributed by atoms with Crippen molar-refractivity contribution in [2.24, 2.45) is 11.3 Å². The molecule has 0 saturated heterocycles. The Morgan fingerprint density at radius 1 is 1.56 bits per heavy atom. The van der Waals surface area contributed by atoms with Gasteiger partial charge >= 0.3 is 5.97 Å². The topological polar surface area (TPSA) is 50.2 Å². The number of carbonyl (C=O) groups is 1. The van der Waals surface area contributed by atoms with Crippen LogP contribution in [0.4, 0.5) is 0 Å². The van der Waals surface area contributed by atoms with Gasteiger partial charge in [-0.2, -0.15) is 0 Å². The SMILES string of the molecule is CC1(C)[C@H](C(=O)O)[C@H]1c1csc(C2CC2)n1. The van der Waals surface area contributed by atoms with E-state index in [0.29, 0.717) is 5.92 Å². The third-order valence-corrected chi connectivity index (χ3v) is 4.90. The van der Waals surface area contributed by atoms with Crippen LogP contribution in [0.25, 0.3) is 0 Å². The van der Waals surface area contributed by atoms with E-state index in [1.54, 1.807) is 11.3 Å². The second-order valence-corrected chi connectivity index (χ2v) is 6.39. The summed E-state index contributed by atoms with van der Waals surface area (Å²) in [6.07, 6.45) is 2.51. The van der Waals surface area contributed by atoms with Gasteiger partial charge in [-0.1, -0.05) is 13.8 Å². The van der Waals surface area contributed by atoms with Gasteiger partial charge in [-0.25, -0.2) is 4.98 Å². The van der Waals surface area contributed by atoms with Crippen molar-refractivity contribution < 1.29 is 9.90 Å². The van der Waals surface area contributed by atoms with E-state index in [1.165, 1.54) is 17.8 Å². The van der Waals surface area contributed by atoms with Crippen LogP contribution in [0.5, 0.6) is 0 Å². The van der Waals surface area contributed by atoms with Crippen molar-refractivity contribution in [2.45, 2.75) is 38.5 Å². The Morgan fingerprint density at radius 2 is 2.25 bits per heavy atom. The molecule has 1 heterocycles. The van der Waals surface area contributed by atoms with Crippen molar-refractivity contribution in [1.29, 1.82) is 0 Å². The van der Waals surface area contributed by atoms with Crippen molar-refractivity contribution in [2.75, 3.05) is 0 Å². The third kappa shape index (κ3) is 1.39. The lowest BCUT2D eigenvalue weighted by molar-refractivity contribution is -0.139. The lowest BCUT2D eigenvalue weighted by Gasteiger charge is -1.97. The normalized spacial score (nSPS) is 31.4. The number of carboxylic acids is 1. The van der Waals surface area contributed by atoms with Crippen LogP contribution in [0.1, 0.15) is 49.2 Å². The molecule has 2 aliphatic rings. The molecule has 0 bridgehead atoms. The van der Waals surface area contributed by atoms with E-state index >= 15 is 0 Å². The van der Waals surface area contributed by atoms with Gasteiger partial charge in [-0.15, -0.1) is 11.3 Å². The van der Waals surface area contributed by atoms with Crippen LogP contribution in [0.15, 0.2) is 5.38 Å². The maximum absolute atomic E-state index is 11.1. The molecule has 0 radical (unpaired) electrons. The largest absolute Gasteiger partial charge is 0.481 e. The first-order valence-corrected chi connectivity index (χ1v) is 6.58. The Kier molecular flexibility index (Phi) is 1.97. The number of hydrogen-bond donors (Lipinski definition) is 1. The zero-order chi connectivity index (χ0) is 11.5. The van der Waals surface area contributed by atoms with Gasteiger partial charge in [0.15, 0.2) is 0 Å². The molecule has 2 saturated carbocycles. The average Bonchev–Trinajstić information content (AvgIpc) is 3.06. The fourth-order valence-electron chi connectivity index (χ4n) is 2.61. The molecule has 1 aromatic heterocycles. The number of aliphatic carboxylic acids is 1. The van der Waals surface area contributed by atoms with Gasteiger partial charge in [0.2, 0.25) is 0 Å². The van der Waals surface area contributed by atoms with E-state index in [4.69, 9.17) is 5.11 Å². The molecule has 1 N–H and O–H groups in total. The Hall–Kier alpha value is -0.900. The highest BCUT2D eigenvalue weighted by atomic mass is 32.1. The minimum atomic E-state index is -0.684. The second kappa shape index (κ2) is 3.06. The lowest BCUT2D eigenvalue weighted by atomic mass is 10.1. The summed E-state index contributed by atoms with van der Waals surface area (Å²) >= 11 is 1.70. The Balaban J connectivity index is 1.84. The zero-order valence-electron chi connectivity index (χ0n) is 9.43. The number of carboxylic acid groups (broad SMARTS) is 1. The number of rotatable bonds is 3. The minimum absolute atomic E-state index is 0.119. The van der Waals surface area contributed by atoms with E-state index in [2.05, 4.69) is 10.4 Å². The molecule has 86 valence electrons. The lowest BCUT2D eigenvalue weighted by Crippen LogP contribution is -2.03. The van der Waals surface area contributed by atoms with Gasteiger partial charge in [-0.05, 0) is 18.3 Å². The van der Waals surface area contributed by atoms with E-state index in [1.807, 2.05) is 13.8 Å². The summed E-state index contributed by atoms with van der Waals surface area (Å²) in [5.41, 5.74) is 0.880. The van der Waals surface area contributed by atoms with Crippen LogP contribution in [-0.4, -0.2) is 16.1 Å². The highest BCUT2D eigenvalue weighted by molar-refractivity contribution is 7.09. The first-order valence-electron chi connectivity index (χ1n) is 5.70. The van der Waals surface area contributed by atoms with Gasteiger partial charge < -0.3 is 5.11 Å². The fraction of sp³-hybridized carbons (Fsp3) is 0.667. The predicted octanol–water partition coefficient (Wildman–Crippen LogP) is 2.84. The van der Waals surface area contributed by atoms with Gasteiger partial charge in [-0.3, -0.25) is 4.79 Å². The van der Waals surface area contributed by atoms with E-state index in [9.17, 15) is 4.79 Å². The van der Waals surface area contributed by atoms with Crippen molar-refractivity contribution in [3.8, 4) is 0 Å². The molecule has 2 atom stereocenters. The van der Waals surface area contributed by atoms with Crippen molar-refractivity contribution in [1.82, 2.24) is 4.98 Å². The quantitative estimate of drug-likeness (QED) is 0.879. The summed E-state index contributed by atoms with van der Waals surface area (Å²) in [4.78, 5) is 15.7. The zero-order valence-corrected chi connectivity index (χ0v) is 10.3. The van der Waals surface area contributed by atoms with E-state index in [-0.39, 0.29) is 17.3 Å². The maximum atomic E-state index is 11.1. The number of aromatic nitrogens is 1. The number of thiazole rings is 1. The van der Waals surface area contributed by atoms with Crippen molar-refractivity contribution in [3.63, 3.8) is 0 Å². The van der Waals surface area contributed by atoms with Gasteiger partial charge in [0, 0.05) is 17.2 Å². The standard InChI is InChI=1S/C12H15NO2S/c1-12(2)8(9(12)11(14)15)7-5-16-10(13-7)6-3-4-6/h5-6,8-9H,3-4H2,1-2H3,(H,14,15)/t8-,9+/m1/s1. The highest BCUT2D eigenvalue weighted by Crippen LogP contribution is 2.64. The molecule has 3 rings (SSSR count). The fourth-order valence-corrected chi connectivity index (χ4v) is 3.64. The molecule has 0 amide bonds. The summed E-state index contributed by atoms with van der Waals surface area (Å²) in [6.45, 7) is 4.04. The van der Waals surface area contributed by atoms with Gasteiger partial charge in [0.05, 0.1) is 16.6 Å². The van der Waals surface area contributed by atoms with Crippen LogP contribution in [0.2, 0.25) is 0 Å². The predicted molar refractivity (Wildman–Crippen MR) is 61.7 cm³/mol. The summed E-state index contributed by atoms with van der Waals surface area (Å²) in [5.74, 6) is -0.143. The summed E-state index contributed by atoms with van der Waals surface area (Å²) in [6, 6.07) is 0. The molecule has 0 aliphatic heterocycles. The Labute approximate surface area is 98.5 Å². The molecule has 16 heavy (non-hydrogen) atoms. The molecule has 2 fully saturated rings. The van der Waals surface area contributed by atoms with Crippen LogP contribution < -0.4 is 0 Å². The van der Waals surface area contributed by atoms with Gasteiger partial charge in [0.1, 0.15) is 0 Å². The third-order valence-electron chi connectivity index (χ3n) is 3.88. The Bertz CT molecular complexity index is 448. The van der Waals surface area contributed by atoms with Crippen molar-refractivity contribution in [3.05, 3.63) is 16.1 Å². The van der Waals surface area contributed by atoms with Crippen LogP contribution in [0.3, 0.4) is 0 Å². The van der Waals surface area contributed by atoms with Crippen LogP contribution >= 0.6 is 11.3 Å². The molecule has 0 spiro atoms. The van der Waals surface area contributed by atoms with E-state index in [0.717, 1.165) is 5.69 Å². The first-order chi connectivity index (χ1) is 7.51. The molecule has 4 heteroatoms. The molecular formula is C12H15NO2S. The molecule has 3 nitrogen and oxygen atoms in total. The summed E-state index contributed by atoms with van der Waals surface area (Å²) in [7, 11) is 0. The monoisotopic (exact) mass is 237 g/mol. The first kappa shape index (κ1) is 10.3. The average molecular weight is 237 g/mol. The van der Waals surface area contributed by atoms with Crippen LogP contribution in [0, 0.1) is 11.3 Å². The molecule has 0 aromatic carbocycles. The second-order valence-electron chi connectivity index (χ2n) is 5.50. The molecular weight excluding hydrogens is 222 g/mol. The smallest absolute Gasteiger partial charge is 0.307 e. The van der Waals surface area contributed by atoms with Gasteiger partial charge in [0.25, 0.3) is 0 Å². The maximum Gasteiger partial charge on any atom is 0.307 e. The summed E-state index contributed by atoms with van der Waals surface area (Å²) in [5, 5.41) is 12.4. The van der Waals surface area contributed by atoms with Crippen molar-refractivity contribution >= 4 is 17.3 Å². The number of nitrogens with zero attached hydrogens (tertiary/aromatic N) is 1. The molecule has 2 aliphatic carbocycles. The van der Waals surface area contributed by atoms with E-state index < -0.39 is 5.97 Å². The number of hydrogen-bond acceptors (Lipinski definition) is 3. The summed E-state index contributed by atoms with van der Waals surface area (Å²) < 4.78 is 0. The molecule has 0 unspecified atom stereocenters.